The van der Waals surface area contributed by atoms with Crippen molar-refractivity contribution in [3.63, 3.8) is 0 Å². The molecule has 1 atom stereocenters. The molecule has 1 saturated carbocycles. The fourth-order valence-electron chi connectivity index (χ4n) is 2.92. The van der Waals surface area contributed by atoms with Crippen molar-refractivity contribution in [2.24, 2.45) is 0 Å². The fraction of sp³-hybridized carbons (Fsp3) is 0.375. The first-order chi connectivity index (χ1) is 11.2. The highest BCUT2D eigenvalue weighted by atomic mass is 16.6. The van der Waals surface area contributed by atoms with Gasteiger partial charge in [0, 0.05) is 11.9 Å². The van der Waals surface area contributed by atoms with Crippen molar-refractivity contribution in [2.75, 3.05) is 11.4 Å². The Hall–Kier alpha value is -2.88. The maximum Gasteiger partial charge on any atom is 0.414 e. The molecule has 1 aromatic heterocycles. The average molecular weight is 309 g/mol. The van der Waals surface area contributed by atoms with Crippen molar-refractivity contribution in [3.8, 4) is 6.07 Å². The zero-order valence-corrected chi connectivity index (χ0v) is 12.4. The lowest BCUT2D eigenvalue weighted by Gasteiger charge is -2.14. The van der Waals surface area contributed by atoms with Crippen molar-refractivity contribution >= 4 is 11.8 Å². The number of carbonyl (C=O) groups excluding carboxylic acids is 1. The molecule has 0 bridgehead atoms. The molecule has 1 saturated heterocycles. The molecule has 0 N–H and O–H groups in total. The number of cyclic esters (lactones) is 1. The largest absolute Gasteiger partial charge is 0.442 e. The molecule has 1 aliphatic heterocycles. The van der Waals surface area contributed by atoms with Crippen LogP contribution in [0.3, 0.4) is 0 Å². The topological polar surface area (TPSA) is 84.0 Å². The van der Waals surface area contributed by atoms with Crippen molar-refractivity contribution in [2.45, 2.75) is 30.9 Å². The Morgan fingerprint density at radius 2 is 2.13 bits per heavy atom. The molecular formula is C16H15N5O2. The van der Waals surface area contributed by atoms with Crippen molar-refractivity contribution in [1.82, 2.24) is 15.0 Å². The molecule has 2 aromatic rings. The van der Waals surface area contributed by atoms with Crippen LogP contribution in [0.5, 0.6) is 0 Å². The van der Waals surface area contributed by atoms with Gasteiger partial charge >= 0.3 is 6.09 Å². The third-order valence-electron chi connectivity index (χ3n) is 4.43. The molecule has 0 spiro atoms. The van der Waals surface area contributed by atoms with Crippen LogP contribution >= 0.6 is 0 Å². The van der Waals surface area contributed by atoms with Gasteiger partial charge < -0.3 is 4.74 Å². The van der Waals surface area contributed by atoms with Gasteiger partial charge in [-0.15, -0.1) is 5.10 Å². The van der Waals surface area contributed by atoms with E-state index in [1.54, 1.807) is 22.0 Å². The van der Waals surface area contributed by atoms with Gasteiger partial charge in [-0.2, -0.15) is 5.26 Å². The van der Waals surface area contributed by atoms with Crippen LogP contribution < -0.4 is 4.90 Å². The summed E-state index contributed by atoms with van der Waals surface area (Å²) in [6.07, 6.45) is 4.55. The van der Waals surface area contributed by atoms with E-state index in [1.807, 2.05) is 24.3 Å². The van der Waals surface area contributed by atoms with E-state index < -0.39 is 0 Å². The first-order valence-corrected chi connectivity index (χ1v) is 7.54. The normalized spacial score (nSPS) is 21.8. The molecule has 1 amide bonds. The lowest BCUT2D eigenvalue weighted by molar-refractivity contribution is 0.129. The van der Waals surface area contributed by atoms with Crippen LogP contribution in [0.4, 0.5) is 10.5 Å². The lowest BCUT2D eigenvalue weighted by Crippen LogP contribution is -2.26. The number of anilines is 1. The number of hydrogen-bond acceptors (Lipinski definition) is 5. The smallest absolute Gasteiger partial charge is 0.414 e. The molecular weight excluding hydrogens is 294 g/mol. The van der Waals surface area contributed by atoms with Crippen molar-refractivity contribution in [1.29, 1.82) is 5.26 Å². The maximum absolute atomic E-state index is 12.1. The van der Waals surface area contributed by atoms with Crippen LogP contribution in [-0.4, -0.2) is 33.7 Å². The van der Waals surface area contributed by atoms with Crippen molar-refractivity contribution < 1.29 is 9.53 Å². The number of nitriles is 1. The summed E-state index contributed by atoms with van der Waals surface area (Å²) in [7, 11) is 0. The Morgan fingerprint density at radius 3 is 2.74 bits per heavy atom. The summed E-state index contributed by atoms with van der Waals surface area (Å²) >= 11 is 0. The lowest BCUT2D eigenvalue weighted by atomic mass is 9.97. The minimum absolute atomic E-state index is 0.252. The Kier molecular flexibility index (Phi) is 3.05. The minimum atomic E-state index is -0.357. The van der Waals surface area contributed by atoms with E-state index in [4.69, 9.17) is 4.74 Å². The third-order valence-corrected chi connectivity index (χ3v) is 4.43. The second-order valence-corrected chi connectivity index (χ2v) is 5.98. The van der Waals surface area contributed by atoms with Crippen LogP contribution in [0.1, 0.15) is 18.4 Å². The Labute approximate surface area is 133 Å². The molecule has 7 nitrogen and oxygen atoms in total. The van der Waals surface area contributed by atoms with E-state index in [2.05, 4.69) is 16.4 Å². The van der Waals surface area contributed by atoms with E-state index in [-0.39, 0.29) is 17.6 Å². The number of aromatic nitrogens is 3. The third kappa shape index (κ3) is 2.42. The van der Waals surface area contributed by atoms with E-state index in [0.717, 1.165) is 24.1 Å². The second-order valence-electron chi connectivity index (χ2n) is 5.98. The Morgan fingerprint density at radius 1 is 1.35 bits per heavy atom. The molecule has 2 fully saturated rings. The molecule has 0 radical (unpaired) electrons. The first-order valence-electron chi connectivity index (χ1n) is 7.54. The zero-order valence-electron chi connectivity index (χ0n) is 12.4. The number of ether oxygens (including phenoxy) is 1. The molecule has 116 valence electrons. The van der Waals surface area contributed by atoms with E-state index >= 15 is 0 Å². The van der Waals surface area contributed by atoms with Gasteiger partial charge in [-0.25, -0.2) is 9.48 Å². The van der Waals surface area contributed by atoms with Gasteiger partial charge in [0.15, 0.2) is 0 Å². The number of benzene rings is 1. The highest BCUT2D eigenvalue weighted by Crippen LogP contribution is 2.47. The molecule has 23 heavy (non-hydrogen) atoms. The molecule has 1 aliphatic carbocycles. The summed E-state index contributed by atoms with van der Waals surface area (Å²) in [6, 6.07) is 10.0. The first kappa shape index (κ1) is 13.8. The van der Waals surface area contributed by atoms with Gasteiger partial charge in [0.2, 0.25) is 0 Å². The summed E-state index contributed by atoms with van der Waals surface area (Å²) in [4.78, 5) is 13.7. The monoisotopic (exact) mass is 309 g/mol. The molecule has 2 heterocycles. The molecule has 2 aliphatic rings. The number of rotatable bonds is 4. The van der Waals surface area contributed by atoms with Gasteiger partial charge in [-0.05, 0) is 30.5 Å². The van der Waals surface area contributed by atoms with Gasteiger partial charge in [0.1, 0.15) is 6.10 Å². The van der Waals surface area contributed by atoms with Crippen molar-refractivity contribution in [3.05, 3.63) is 42.2 Å². The number of carbonyl (C=O) groups is 1. The van der Waals surface area contributed by atoms with Gasteiger partial charge in [0.25, 0.3) is 0 Å². The Bertz CT molecular complexity index is 759. The second kappa shape index (κ2) is 5.09. The van der Waals surface area contributed by atoms with Crippen LogP contribution in [0.2, 0.25) is 0 Å². The van der Waals surface area contributed by atoms with Crippen LogP contribution in [-0.2, 0) is 16.7 Å². The van der Waals surface area contributed by atoms with Crippen LogP contribution in [0.15, 0.2) is 36.7 Å². The SMILES string of the molecule is N#CC1(c2ccc(N3C[C@H](Cn4ccnn4)OC3=O)cc2)CC1. The van der Waals surface area contributed by atoms with Crippen LogP contribution in [0, 0.1) is 11.3 Å². The standard InChI is InChI=1S/C16H15N5O2/c17-11-16(5-6-16)12-1-3-13(4-2-12)21-10-14(23-15(21)22)9-20-8-7-18-19-20/h1-4,7-8,14H,5-6,9-10H2/t14-/m0/s1. The van der Waals surface area contributed by atoms with Gasteiger partial charge in [-0.1, -0.05) is 17.3 Å². The number of nitrogens with zero attached hydrogens (tertiary/aromatic N) is 5. The zero-order chi connectivity index (χ0) is 15.9. The molecule has 7 heteroatoms. The predicted molar refractivity (Wildman–Crippen MR) is 80.6 cm³/mol. The number of hydrogen-bond donors (Lipinski definition) is 0. The number of amides is 1. The summed E-state index contributed by atoms with van der Waals surface area (Å²) in [5.74, 6) is 0. The van der Waals surface area contributed by atoms with Gasteiger partial charge in [0.05, 0.1) is 30.8 Å². The summed E-state index contributed by atoms with van der Waals surface area (Å²) in [5.41, 5.74) is 1.50. The molecule has 4 rings (SSSR count). The van der Waals surface area contributed by atoms with Crippen LogP contribution in [0.25, 0.3) is 0 Å². The molecule has 0 unspecified atom stereocenters. The van der Waals surface area contributed by atoms with E-state index in [9.17, 15) is 10.1 Å². The molecule has 1 aromatic carbocycles. The quantitative estimate of drug-likeness (QED) is 0.860. The fourth-order valence-corrected chi connectivity index (χ4v) is 2.92. The van der Waals surface area contributed by atoms with Gasteiger partial charge in [-0.3, -0.25) is 4.90 Å². The average Bonchev–Trinajstić information content (AvgIpc) is 3.05. The summed E-state index contributed by atoms with van der Waals surface area (Å²) in [5, 5.41) is 16.9. The maximum atomic E-state index is 12.1. The highest BCUT2D eigenvalue weighted by Gasteiger charge is 2.44. The minimum Gasteiger partial charge on any atom is -0.442 e. The van der Waals surface area contributed by atoms with E-state index in [0.29, 0.717) is 13.1 Å². The predicted octanol–water partition coefficient (Wildman–Crippen LogP) is 1.86. The highest BCUT2D eigenvalue weighted by molar-refractivity contribution is 5.89. The Balaban J connectivity index is 1.48. The summed E-state index contributed by atoms with van der Waals surface area (Å²) < 4.78 is 7.03. The summed E-state index contributed by atoms with van der Waals surface area (Å²) in [6.45, 7) is 0.958. The van der Waals surface area contributed by atoms with E-state index in [1.165, 1.54) is 0 Å².